The predicted molar refractivity (Wildman–Crippen MR) is 155 cm³/mol. The summed E-state index contributed by atoms with van der Waals surface area (Å²) in [5, 5.41) is 2.92. The molecule has 2 aromatic carbocycles. The predicted octanol–water partition coefficient (Wildman–Crippen LogP) is 2.72. The first-order valence-electron chi connectivity index (χ1n) is 13.8. The number of aryl methyl sites for hydroxylation is 1. The largest absolute Gasteiger partial charge is 0.494 e. The molecule has 214 valence electrons. The Hall–Kier alpha value is -3.43. The van der Waals surface area contributed by atoms with Crippen LogP contribution in [0.25, 0.3) is 0 Å². The van der Waals surface area contributed by atoms with Gasteiger partial charge in [0.05, 0.1) is 6.61 Å². The third-order valence-electron chi connectivity index (χ3n) is 6.58. The first-order chi connectivity index (χ1) is 18.8. The maximum absolute atomic E-state index is 13.6. The van der Waals surface area contributed by atoms with E-state index in [9.17, 15) is 14.4 Å². The van der Waals surface area contributed by atoms with Crippen LogP contribution in [0.5, 0.6) is 5.75 Å². The van der Waals surface area contributed by atoms with Crippen molar-refractivity contribution in [2.75, 3.05) is 44.7 Å². The minimum absolute atomic E-state index is 0.0146. The summed E-state index contributed by atoms with van der Waals surface area (Å²) in [5.41, 5.74) is 13.0. The van der Waals surface area contributed by atoms with E-state index in [1.807, 2.05) is 54.6 Å². The van der Waals surface area contributed by atoms with Crippen LogP contribution in [0.15, 0.2) is 54.6 Å². The molecule has 0 aliphatic rings. The van der Waals surface area contributed by atoms with Crippen molar-refractivity contribution in [2.24, 2.45) is 17.4 Å². The van der Waals surface area contributed by atoms with E-state index in [1.54, 1.807) is 23.8 Å². The molecule has 9 heteroatoms. The van der Waals surface area contributed by atoms with E-state index in [2.05, 4.69) is 12.2 Å². The number of amides is 3. The van der Waals surface area contributed by atoms with Gasteiger partial charge in [-0.15, -0.1) is 0 Å². The molecule has 0 aliphatic carbocycles. The Kier molecular flexibility index (Phi) is 14.0. The van der Waals surface area contributed by atoms with E-state index in [0.717, 1.165) is 24.2 Å². The van der Waals surface area contributed by atoms with Gasteiger partial charge in [-0.1, -0.05) is 50.6 Å². The van der Waals surface area contributed by atoms with Crippen LogP contribution in [-0.4, -0.2) is 68.5 Å². The summed E-state index contributed by atoms with van der Waals surface area (Å²) in [5.74, 6) is -0.626. The van der Waals surface area contributed by atoms with Crippen LogP contribution in [-0.2, 0) is 20.8 Å². The number of nitrogens with one attached hydrogen (secondary N) is 1. The Balaban J connectivity index is 2.12. The van der Waals surface area contributed by atoms with Crippen LogP contribution in [0.2, 0.25) is 0 Å². The summed E-state index contributed by atoms with van der Waals surface area (Å²) in [6.07, 6.45) is 3.08. The lowest BCUT2D eigenvalue weighted by Gasteiger charge is -2.27. The van der Waals surface area contributed by atoms with Crippen LogP contribution in [0.4, 0.5) is 5.69 Å². The van der Waals surface area contributed by atoms with Crippen molar-refractivity contribution >= 4 is 23.4 Å². The highest BCUT2D eigenvalue weighted by atomic mass is 16.5. The van der Waals surface area contributed by atoms with Gasteiger partial charge in [0.2, 0.25) is 17.7 Å². The smallest absolute Gasteiger partial charge is 0.249 e. The molecule has 0 radical (unpaired) electrons. The van der Waals surface area contributed by atoms with Gasteiger partial charge in [-0.25, -0.2) is 0 Å². The van der Waals surface area contributed by atoms with E-state index in [4.69, 9.17) is 16.2 Å². The number of likely N-dealkylation sites (N-methyl/N-ethyl adjacent to an activating group) is 1. The second kappa shape index (κ2) is 17.2. The minimum Gasteiger partial charge on any atom is -0.494 e. The van der Waals surface area contributed by atoms with Gasteiger partial charge in [0, 0.05) is 51.3 Å². The number of carbonyl (C=O) groups excluding carboxylic acids is 3. The first kappa shape index (κ1) is 31.8. The summed E-state index contributed by atoms with van der Waals surface area (Å²) in [6.45, 7) is 5.86. The number of carbonyl (C=O) groups is 3. The van der Waals surface area contributed by atoms with E-state index in [1.165, 1.54) is 0 Å². The van der Waals surface area contributed by atoms with Crippen LogP contribution in [0.1, 0.15) is 45.1 Å². The Morgan fingerprint density at radius 2 is 1.62 bits per heavy atom. The van der Waals surface area contributed by atoms with Gasteiger partial charge in [0.15, 0.2) is 0 Å². The van der Waals surface area contributed by atoms with Gasteiger partial charge >= 0.3 is 0 Å². The zero-order valence-electron chi connectivity index (χ0n) is 23.6. The molecular weight excluding hydrogens is 494 g/mol. The molecule has 2 rings (SSSR count). The molecule has 0 fully saturated rings. The number of ether oxygens (including phenoxy) is 1. The molecule has 5 N–H and O–H groups in total. The molecule has 9 nitrogen and oxygen atoms in total. The van der Waals surface area contributed by atoms with Crippen molar-refractivity contribution in [1.29, 1.82) is 0 Å². The summed E-state index contributed by atoms with van der Waals surface area (Å²) < 4.78 is 5.73. The maximum Gasteiger partial charge on any atom is 0.249 e. The second-order valence-corrected chi connectivity index (χ2v) is 9.74. The number of hydrogen-bond acceptors (Lipinski definition) is 6. The summed E-state index contributed by atoms with van der Waals surface area (Å²) in [6, 6.07) is 16.4. The van der Waals surface area contributed by atoms with Gasteiger partial charge in [-0.2, -0.15) is 0 Å². The molecule has 39 heavy (non-hydrogen) atoms. The zero-order valence-corrected chi connectivity index (χ0v) is 23.6. The monoisotopic (exact) mass is 539 g/mol. The van der Waals surface area contributed by atoms with Crippen molar-refractivity contribution < 1.29 is 19.1 Å². The normalized spacial score (nSPS) is 12.3. The number of nitrogens with two attached hydrogens (primary N) is 2. The lowest BCUT2D eigenvalue weighted by atomic mass is 10.0. The molecule has 3 amide bonds. The molecule has 0 heterocycles. The highest BCUT2D eigenvalue weighted by molar-refractivity contribution is 5.99. The Bertz CT molecular complexity index is 1010. The van der Waals surface area contributed by atoms with E-state index >= 15 is 0 Å². The standard InChI is InChI=1S/C30H45N5O4/c1-4-5-21-39-26-14-12-25(13-15-26)34(3)30(38)27(16-11-24-9-7-6-8-10-24)33-29(37)23(2)22-28(36)35(19-17-31)20-18-32/h6-10,12-15,23,27H,4-5,11,16-22,31-32H2,1-3H3,(H,33,37). The highest BCUT2D eigenvalue weighted by Gasteiger charge is 2.28. The number of rotatable bonds is 17. The summed E-state index contributed by atoms with van der Waals surface area (Å²) in [4.78, 5) is 42.6. The lowest BCUT2D eigenvalue weighted by molar-refractivity contribution is -0.136. The van der Waals surface area contributed by atoms with Crippen molar-refractivity contribution in [3.8, 4) is 5.75 Å². The van der Waals surface area contributed by atoms with Gasteiger partial charge in [0.1, 0.15) is 11.8 Å². The molecule has 0 aliphatic heterocycles. The zero-order chi connectivity index (χ0) is 28.6. The number of nitrogens with zero attached hydrogens (tertiary/aromatic N) is 2. The van der Waals surface area contributed by atoms with Crippen molar-refractivity contribution in [1.82, 2.24) is 10.2 Å². The van der Waals surface area contributed by atoms with Crippen LogP contribution in [0, 0.1) is 5.92 Å². The molecule has 2 atom stereocenters. The van der Waals surface area contributed by atoms with Crippen LogP contribution >= 0.6 is 0 Å². The van der Waals surface area contributed by atoms with Crippen molar-refractivity contribution in [3.05, 3.63) is 60.2 Å². The Labute approximate surface area is 232 Å². The molecule has 0 spiro atoms. The van der Waals surface area contributed by atoms with Crippen LogP contribution < -0.4 is 26.4 Å². The first-order valence-corrected chi connectivity index (χ1v) is 13.8. The van der Waals surface area contributed by atoms with Gasteiger partial charge in [0.25, 0.3) is 0 Å². The fraction of sp³-hybridized carbons (Fsp3) is 0.500. The fourth-order valence-electron chi connectivity index (χ4n) is 4.14. The molecule has 2 aromatic rings. The topological polar surface area (TPSA) is 131 Å². The van der Waals surface area contributed by atoms with Gasteiger partial charge in [-0.05, 0) is 49.1 Å². The average molecular weight is 540 g/mol. The minimum atomic E-state index is -0.759. The number of hydrogen-bond donors (Lipinski definition) is 3. The fourth-order valence-corrected chi connectivity index (χ4v) is 4.14. The van der Waals surface area contributed by atoms with Crippen molar-refractivity contribution in [2.45, 2.75) is 52.0 Å². The number of anilines is 1. The summed E-state index contributed by atoms with van der Waals surface area (Å²) >= 11 is 0. The van der Waals surface area contributed by atoms with E-state index in [0.29, 0.717) is 51.3 Å². The highest BCUT2D eigenvalue weighted by Crippen LogP contribution is 2.20. The Morgan fingerprint density at radius 3 is 2.21 bits per heavy atom. The van der Waals surface area contributed by atoms with E-state index in [-0.39, 0.29) is 24.1 Å². The third-order valence-corrected chi connectivity index (χ3v) is 6.58. The SMILES string of the molecule is CCCCOc1ccc(N(C)C(=O)C(CCc2ccccc2)NC(=O)C(C)CC(=O)N(CCN)CCN)cc1. The summed E-state index contributed by atoms with van der Waals surface area (Å²) in [7, 11) is 1.70. The van der Waals surface area contributed by atoms with Gasteiger partial charge in [-0.3, -0.25) is 14.4 Å². The molecule has 0 bridgehead atoms. The van der Waals surface area contributed by atoms with E-state index < -0.39 is 12.0 Å². The molecule has 0 saturated carbocycles. The average Bonchev–Trinajstić information content (AvgIpc) is 2.95. The molecule has 0 aromatic heterocycles. The molecule has 0 saturated heterocycles. The number of unbranched alkanes of at least 4 members (excludes halogenated alkanes) is 1. The lowest BCUT2D eigenvalue weighted by Crippen LogP contribution is -2.49. The Morgan fingerprint density at radius 1 is 0.974 bits per heavy atom. The maximum atomic E-state index is 13.6. The van der Waals surface area contributed by atoms with Crippen LogP contribution in [0.3, 0.4) is 0 Å². The van der Waals surface area contributed by atoms with Crippen molar-refractivity contribution in [3.63, 3.8) is 0 Å². The molecule has 2 unspecified atom stereocenters. The quantitative estimate of drug-likeness (QED) is 0.265. The van der Waals surface area contributed by atoms with Gasteiger partial charge < -0.3 is 31.3 Å². The third kappa shape index (κ3) is 10.7. The number of benzene rings is 2. The molecular formula is C30H45N5O4. The second-order valence-electron chi connectivity index (χ2n) is 9.74.